The summed E-state index contributed by atoms with van der Waals surface area (Å²) in [5, 5.41) is 11.8. The predicted molar refractivity (Wildman–Crippen MR) is 77.1 cm³/mol. The summed E-state index contributed by atoms with van der Waals surface area (Å²) in [5.74, 6) is -1.36. The number of carbonyl (C=O) groups is 1. The van der Waals surface area contributed by atoms with E-state index >= 15 is 0 Å². The van der Waals surface area contributed by atoms with Crippen molar-refractivity contribution < 1.29 is 27.8 Å². The van der Waals surface area contributed by atoms with Gasteiger partial charge in [0.2, 0.25) is 0 Å². The van der Waals surface area contributed by atoms with E-state index in [2.05, 4.69) is 9.98 Å². The van der Waals surface area contributed by atoms with E-state index in [1.807, 2.05) is 6.92 Å². The number of nitrogens with zero attached hydrogens (tertiary/aromatic N) is 2. The van der Waals surface area contributed by atoms with Crippen LogP contribution in [0.5, 0.6) is 0 Å². The molecule has 0 fully saturated rings. The fourth-order valence-electron chi connectivity index (χ4n) is 1.82. The lowest BCUT2D eigenvalue weighted by Gasteiger charge is -2.16. The molecule has 24 heavy (non-hydrogen) atoms. The van der Waals surface area contributed by atoms with Crippen molar-refractivity contribution in [2.45, 2.75) is 19.7 Å². The third kappa shape index (κ3) is 4.55. The lowest BCUT2D eigenvalue weighted by atomic mass is 10.1. The fraction of sp³-hybridized carbons (Fsp3) is 0.188. The molecular formula is C16H12F3N2O3-. The van der Waals surface area contributed by atoms with E-state index in [0.717, 1.165) is 11.8 Å². The number of benzene rings is 1. The Hall–Kier alpha value is -2.90. The van der Waals surface area contributed by atoms with Crippen LogP contribution in [-0.2, 0) is 17.5 Å². The SMILES string of the molecule is Cc1ccc(COC(=O)/N=C(\[O-])c2cnccc2C(F)(F)F)cc1. The van der Waals surface area contributed by atoms with Crippen LogP contribution in [0.1, 0.15) is 22.3 Å². The summed E-state index contributed by atoms with van der Waals surface area (Å²) in [6.07, 6.45) is -4.41. The van der Waals surface area contributed by atoms with E-state index in [1.165, 1.54) is 0 Å². The Morgan fingerprint density at radius 2 is 1.92 bits per heavy atom. The molecule has 0 atom stereocenters. The molecule has 0 unspecified atom stereocenters. The largest absolute Gasteiger partial charge is 0.858 e. The van der Waals surface area contributed by atoms with Gasteiger partial charge < -0.3 is 9.84 Å². The van der Waals surface area contributed by atoms with Crippen LogP contribution in [0.15, 0.2) is 47.7 Å². The molecule has 0 aliphatic heterocycles. The van der Waals surface area contributed by atoms with Gasteiger partial charge >= 0.3 is 12.3 Å². The molecule has 2 aromatic rings. The van der Waals surface area contributed by atoms with E-state index < -0.39 is 29.3 Å². The summed E-state index contributed by atoms with van der Waals surface area (Å²) < 4.78 is 43.2. The lowest BCUT2D eigenvalue weighted by molar-refractivity contribution is -0.213. The molecular weight excluding hydrogens is 325 g/mol. The van der Waals surface area contributed by atoms with Crippen LogP contribution < -0.4 is 5.11 Å². The molecule has 0 radical (unpaired) electrons. The minimum Gasteiger partial charge on any atom is -0.858 e. The number of halogens is 3. The minimum atomic E-state index is -4.75. The monoisotopic (exact) mass is 337 g/mol. The third-order valence-corrected chi connectivity index (χ3v) is 3.03. The van der Waals surface area contributed by atoms with E-state index in [1.54, 1.807) is 24.3 Å². The van der Waals surface area contributed by atoms with Crippen molar-refractivity contribution in [1.82, 2.24) is 4.98 Å². The summed E-state index contributed by atoms with van der Waals surface area (Å²) in [6.45, 7) is 1.74. The van der Waals surface area contributed by atoms with Crippen LogP contribution in [0, 0.1) is 6.92 Å². The topological polar surface area (TPSA) is 74.6 Å². The number of pyridine rings is 1. The van der Waals surface area contributed by atoms with Crippen molar-refractivity contribution in [2.75, 3.05) is 0 Å². The second-order valence-electron chi connectivity index (χ2n) is 4.88. The zero-order valence-corrected chi connectivity index (χ0v) is 12.5. The molecule has 0 saturated heterocycles. The number of amides is 1. The molecule has 0 aliphatic carbocycles. The minimum absolute atomic E-state index is 0.144. The van der Waals surface area contributed by atoms with Gasteiger partial charge in [-0.25, -0.2) is 4.79 Å². The molecule has 1 heterocycles. The summed E-state index contributed by atoms with van der Waals surface area (Å²) in [5.41, 5.74) is -0.343. The smallest absolute Gasteiger partial charge is 0.433 e. The summed E-state index contributed by atoms with van der Waals surface area (Å²) in [7, 11) is 0. The Labute approximate surface area is 135 Å². The van der Waals surface area contributed by atoms with Crippen LogP contribution in [0.25, 0.3) is 0 Å². The zero-order valence-electron chi connectivity index (χ0n) is 12.5. The Morgan fingerprint density at radius 1 is 1.25 bits per heavy atom. The average molecular weight is 337 g/mol. The van der Waals surface area contributed by atoms with E-state index in [4.69, 9.17) is 4.74 Å². The van der Waals surface area contributed by atoms with E-state index in [-0.39, 0.29) is 6.61 Å². The number of hydrogen-bond acceptors (Lipinski definition) is 4. The molecule has 1 amide bonds. The van der Waals surface area contributed by atoms with E-state index in [9.17, 15) is 23.1 Å². The van der Waals surface area contributed by atoms with Gasteiger partial charge in [0.25, 0.3) is 0 Å². The third-order valence-electron chi connectivity index (χ3n) is 3.03. The van der Waals surface area contributed by atoms with Gasteiger partial charge in [-0.05, 0) is 18.6 Å². The van der Waals surface area contributed by atoms with Crippen LogP contribution in [-0.4, -0.2) is 17.0 Å². The average Bonchev–Trinajstić information content (AvgIpc) is 2.53. The number of carbonyl (C=O) groups excluding carboxylic acids is 1. The van der Waals surface area contributed by atoms with Gasteiger partial charge in [-0.1, -0.05) is 29.8 Å². The first kappa shape index (κ1) is 17.5. The first-order valence-corrected chi connectivity index (χ1v) is 6.77. The molecule has 0 saturated carbocycles. The Balaban J connectivity index is 2.10. The first-order valence-electron chi connectivity index (χ1n) is 6.77. The summed E-state index contributed by atoms with van der Waals surface area (Å²) in [4.78, 5) is 18.0. The zero-order chi connectivity index (χ0) is 17.7. The lowest BCUT2D eigenvalue weighted by Crippen LogP contribution is -2.25. The molecule has 8 heteroatoms. The molecule has 0 bridgehead atoms. The van der Waals surface area contributed by atoms with Crippen molar-refractivity contribution in [2.24, 2.45) is 4.99 Å². The molecule has 0 aliphatic rings. The number of rotatable bonds is 3. The maximum atomic E-state index is 12.8. The first-order chi connectivity index (χ1) is 11.3. The van der Waals surface area contributed by atoms with Gasteiger partial charge in [0.05, 0.1) is 5.56 Å². The van der Waals surface area contributed by atoms with Crippen LogP contribution in [0.3, 0.4) is 0 Å². The van der Waals surface area contributed by atoms with Crippen molar-refractivity contribution in [3.05, 3.63) is 65.0 Å². The van der Waals surface area contributed by atoms with Gasteiger partial charge in [-0.3, -0.25) is 4.98 Å². The molecule has 1 aromatic heterocycles. The summed E-state index contributed by atoms with van der Waals surface area (Å²) in [6, 6.07) is 7.68. The highest BCUT2D eigenvalue weighted by Crippen LogP contribution is 2.31. The second-order valence-corrected chi connectivity index (χ2v) is 4.88. The van der Waals surface area contributed by atoms with Gasteiger partial charge in [0.15, 0.2) is 0 Å². The number of aromatic nitrogens is 1. The van der Waals surface area contributed by atoms with Crippen LogP contribution in [0.4, 0.5) is 18.0 Å². The molecule has 0 spiro atoms. The fourth-order valence-corrected chi connectivity index (χ4v) is 1.82. The molecule has 126 valence electrons. The van der Waals surface area contributed by atoms with Crippen LogP contribution >= 0.6 is 0 Å². The molecule has 1 aromatic carbocycles. The summed E-state index contributed by atoms with van der Waals surface area (Å²) >= 11 is 0. The van der Waals surface area contributed by atoms with Gasteiger partial charge in [-0.15, -0.1) is 0 Å². The Morgan fingerprint density at radius 3 is 2.54 bits per heavy atom. The molecule has 5 nitrogen and oxygen atoms in total. The highest BCUT2D eigenvalue weighted by atomic mass is 19.4. The van der Waals surface area contributed by atoms with E-state index in [0.29, 0.717) is 17.8 Å². The highest BCUT2D eigenvalue weighted by Gasteiger charge is 2.33. The number of alkyl halides is 3. The van der Waals surface area contributed by atoms with Crippen molar-refractivity contribution in [1.29, 1.82) is 0 Å². The van der Waals surface area contributed by atoms with Gasteiger partial charge in [0.1, 0.15) is 6.61 Å². The maximum absolute atomic E-state index is 12.8. The second kappa shape index (κ2) is 7.12. The predicted octanol–water partition coefficient (Wildman–Crippen LogP) is 2.85. The maximum Gasteiger partial charge on any atom is 0.433 e. The Kier molecular flexibility index (Phi) is 5.18. The van der Waals surface area contributed by atoms with Crippen molar-refractivity contribution >= 4 is 12.0 Å². The molecule has 0 N–H and O–H groups in total. The molecule has 2 rings (SSSR count). The number of hydrogen-bond donors (Lipinski definition) is 0. The van der Waals surface area contributed by atoms with Gasteiger partial charge in [-0.2, -0.15) is 18.2 Å². The number of aliphatic imine (C=N–C) groups is 1. The quantitative estimate of drug-likeness (QED) is 0.637. The van der Waals surface area contributed by atoms with Crippen LogP contribution in [0.2, 0.25) is 0 Å². The normalized spacial score (nSPS) is 12.1. The van der Waals surface area contributed by atoms with Crippen molar-refractivity contribution in [3.63, 3.8) is 0 Å². The Bertz CT molecular complexity index is 756. The highest BCUT2D eigenvalue weighted by molar-refractivity contribution is 5.98. The van der Waals surface area contributed by atoms with Crippen molar-refractivity contribution in [3.8, 4) is 0 Å². The number of aryl methyl sites for hydroxylation is 1. The standard InChI is InChI=1S/C16H13F3N2O3/c1-10-2-4-11(5-3-10)9-24-15(23)21-14(22)12-8-20-7-6-13(12)16(17,18)19/h2-8H,9H2,1H3,(H,21,22,23)/p-1. The van der Waals surface area contributed by atoms with Gasteiger partial charge in [0, 0.05) is 23.9 Å². The number of ether oxygens (including phenoxy) is 1.